The van der Waals surface area contributed by atoms with Gasteiger partial charge in [-0.3, -0.25) is 9.59 Å². The SMILES string of the molecule is CNC1CCN(C(=O)C(NC(=O)C(Cc2ccc(OC(F)(F)F)cc2)CC(O)C(Cc2ccccc2)NC(=O)OC(C)(C)C)C(C)C)CC1. The number of carbonyl (C=O) groups excluding carboxylic acids is 3. The summed E-state index contributed by atoms with van der Waals surface area (Å²) in [7, 11) is 1.89. The number of alkyl carbamates (subject to hydrolysis) is 1. The molecule has 4 atom stereocenters. The molecule has 10 nitrogen and oxygen atoms in total. The Balaban J connectivity index is 1.87. The Kier molecular flexibility index (Phi) is 14.3. The molecule has 2 aromatic rings. The van der Waals surface area contributed by atoms with Gasteiger partial charge >= 0.3 is 12.5 Å². The molecule has 49 heavy (non-hydrogen) atoms. The van der Waals surface area contributed by atoms with E-state index in [0.29, 0.717) is 24.7 Å². The molecule has 13 heteroatoms. The van der Waals surface area contributed by atoms with Crippen molar-refractivity contribution in [2.75, 3.05) is 20.1 Å². The number of amides is 3. The highest BCUT2D eigenvalue weighted by molar-refractivity contribution is 5.89. The quantitative estimate of drug-likeness (QED) is 0.220. The zero-order valence-corrected chi connectivity index (χ0v) is 29.2. The average molecular weight is 693 g/mol. The summed E-state index contributed by atoms with van der Waals surface area (Å²) in [4.78, 5) is 42.3. The predicted molar refractivity (Wildman–Crippen MR) is 180 cm³/mol. The van der Waals surface area contributed by atoms with Gasteiger partial charge in [0, 0.05) is 25.0 Å². The molecule has 272 valence electrons. The van der Waals surface area contributed by atoms with Crippen LogP contribution in [0.5, 0.6) is 5.75 Å². The first-order chi connectivity index (χ1) is 22.9. The lowest BCUT2D eigenvalue weighted by atomic mass is 9.88. The van der Waals surface area contributed by atoms with Crippen molar-refractivity contribution in [3.63, 3.8) is 0 Å². The molecule has 4 N–H and O–H groups in total. The Hall–Kier alpha value is -3.84. The number of carbonyl (C=O) groups is 3. The van der Waals surface area contributed by atoms with E-state index in [1.165, 1.54) is 12.1 Å². The summed E-state index contributed by atoms with van der Waals surface area (Å²) in [6.45, 7) is 9.94. The van der Waals surface area contributed by atoms with E-state index in [0.717, 1.165) is 30.5 Å². The van der Waals surface area contributed by atoms with E-state index in [1.54, 1.807) is 25.7 Å². The van der Waals surface area contributed by atoms with E-state index in [2.05, 4.69) is 20.7 Å². The summed E-state index contributed by atoms with van der Waals surface area (Å²) in [5.41, 5.74) is 0.553. The Morgan fingerprint density at radius 2 is 1.51 bits per heavy atom. The first-order valence-electron chi connectivity index (χ1n) is 16.8. The van der Waals surface area contributed by atoms with Crippen LogP contribution in [0.4, 0.5) is 18.0 Å². The Morgan fingerprint density at radius 3 is 2.04 bits per heavy atom. The van der Waals surface area contributed by atoms with Crippen LogP contribution in [0, 0.1) is 11.8 Å². The van der Waals surface area contributed by atoms with Crippen LogP contribution in [0.15, 0.2) is 54.6 Å². The Morgan fingerprint density at radius 1 is 0.918 bits per heavy atom. The number of ether oxygens (including phenoxy) is 2. The van der Waals surface area contributed by atoms with Gasteiger partial charge in [-0.15, -0.1) is 13.2 Å². The molecule has 0 aromatic heterocycles. The van der Waals surface area contributed by atoms with Crippen LogP contribution in [0.3, 0.4) is 0 Å². The highest BCUT2D eigenvalue weighted by Gasteiger charge is 2.35. The minimum atomic E-state index is -4.86. The van der Waals surface area contributed by atoms with Crippen molar-refractivity contribution in [1.29, 1.82) is 0 Å². The van der Waals surface area contributed by atoms with Gasteiger partial charge in [0.2, 0.25) is 11.8 Å². The van der Waals surface area contributed by atoms with Gasteiger partial charge < -0.3 is 35.4 Å². The van der Waals surface area contributed by atoms with Gasteiger partial charge in [-0.05, 0) is 89.1 Å². The summed E-state index contributed by atoms with van der Waals surface area (Å²) in [6.07, 6.45) is -5.13. The first kappa shape index (κ1) is 39.6. The van der Waals surface area contributed by atoms with E-state index in [1.807, 2.05) is 51.2 Å². The molecule has 1 saturated heterocycles. The molecule has 2 aromatic carbocycles. The number of piperidine rings is 1. The zero-order chi connectivity index (χ0) is 36.4. The number of aliphatic hydroxyl groups excluding tert-OH is 1. The smallest absolute Gasteiger partial charge is 0.444 e. The largest absolute Gasteiger partial charge is 0.573 e. The average Bonchev–Trinajstić information content (AvgIpc) is 3.02. The van der Waals surface area contributed by atoms with Crippen molar-refractivity contribution in [2.24, 2.45) is 11.8 Å². The maximum Gasteiger partial charge on any atom is 0.573 e. The van der Waals surface area contributed by atoms with E-state index in [-0.39, 0.29) is 31.1 Å². The monoisotopic (exact) mass is 692 g/mol. The summed E-state index contributed by atoms with van der Waals surface area (Å²) < 4.78 is 47.7. The van der Waals surface area contributed by atoms with E-state index in [9.17, 15) is 32.7 Å². The third-order valence-corrected chi connectivity index (χ3v) is 8.45. The lowest BCUT2D eigenvalue weighted by molar-refractivity contribution is -0.274. The molecule has 1 heterocycles. The number of benzene rings is 2. The lowest BCUT2D eigenvalue weighted by Gasteiger charge is -2.36. The third kappa shape index (κ3) is 13.5. The number of aliphatic hydroxyl groups is 1. The standard InChI is InChI=1S/C36H51F3N4O6/c1-23(2)31(33(46)43-18-16-27(40-6)17-19-43)42-32(45)26(20-25-12-14-28(15-13-25)48-36(37,38)39)22-30(44)29(21-24-10-8-7-9-11-24)41-34(47)49-35(3,4)5/h7-15,23,26-27,29-31,40,44H,16-22H2,1-6H3,(H,41,47)(H,42,45). The van der Waals surface area contributed by atoms with Crippen LogP contribution in [0.1, 0.15) is 65.0 Å². The van der Waals surface area contributed by atoms with Gasteiger partial charge in [0.05, 0.1) is 12.1 Å². The molecule has 1 aliphatic heterocycles. The molecule has 1 fully saturated rings. The minimum absolute atomic E-state index is 0.0340. The molecule has 1 aliphatic rings. The van der Waals surface area contributed by atoms with E-state index < -0.39 is 53.8 Å². The van der Waals surface area contributed by atoms with Crippen molar-refractivity contribution in [3.8, 4) is 5.75 Å². The summed E-state index contributed by atoms with van der Waals surface area (Å²) >= 11 is 0. The molecular weight excluding hydrogens is 641 g/mol. The lowest BCUT2D eigenvalue weighted by Crippen LogP contribution is -2.55. The van der Waals surface area contributed by atoms with Crippen molar-refractivity contribution < 1.29 is 42.1 Å². The highest BCUT2D eigenvalue weighted by atomic mass is 19.4. The van der Waals surface area contributed by atoms with Crippen LogP contribution in [0.2, 0.25) is 0 Å². The third-order valence-electron chi connectivity index (χ3n) is 8.45. The number of nitrogens with zero attached hydrogens (tertiary/aromatic N) is 1. The van der Waals surface area contributed by atoms with E-state index in [4.69, 9.17) is 4.74 Å². The Labute approximate surface area is 287 Å². The normalized spacial score (nSPS) is 16.8. The van der Waals surface area contributed by atoms with Gasteiger partial charge in [-0.2, -0.15) is 0 Å². The van der Waals surface area contributed by atoms with Crippen molar-refractivity contribution in [1.82, 2.24) is 20.9 Å². The summed E-state index contributed by atoms with van der Waals surface area (Å²) in [5, 5.41) is 20.5. The topological polar surface area (TPSA) is 129 Å². The second kappa shape index (κ2) is 17.7. The van der Waals surface area contributed by atoms with Gasteiger partial charge in [0.1, 0.15) is 17.4 Å². The number of likely N-dealkylation sites (tertiary alicyclic amines) is 1. The second-order valence-corrected chi connectivity index (χ2v) is 14.0. The highest BCUT2D eigenvalue weighted by Crippen LogP contribution is 2.25. The molecule has 0 bridgehead atoms. The number of hydrogen-bond acceptors (Lipinski definition) is 7. The first-order valence-corrected chi connectivity index (χ1v) is 16.8. The minimum Gasteiger partial charge on any atom is -0.444 e. The van der Waals surface area contributed by atoms with Crippen LogP contribution in [-0.4, -0.2) is 84.2 Å². The molecule has 0 spiro atoms. The summed E-state index contributed by atoms with van der Waals surface area (Å²) in [6, 6.07) is 13.0. The van der Waals surface area contributed by atoms with Crippen LogP contribution in [-0.2, 0) is 27.2 Å². The van der Waals surface area contributed by atoms with Crippen molar-refractivity contribution in [3.05, 3.63) is 65.7 Å². The van der Waals surface area contributed by atoms with Crippen molar-refractivity contribution in [2.45, 2.75) is 103 Å². The molecule has 4 unspecified atom stereocenters. The fourth-order valence-corrected chi connectivity index (χ4v) is 5.83. The molecule has 3 rings (SSSR count). The van der Waals surface area contributed by atoms with Gasteiger partial charge in [-0.1, -0.05) is 56.3 Å². The zero-order valence-electron chi connectivity index (χ0n) is 29.2. The molecular formula is C36H51F3N4O6. The van der Waals surface area contributed by atoms with Crippen LogP contribution in [0.25, 0.3) is 0 Å². The van der Waals surface area contributed by atoms with Gasteiger partial charge in [-0.25, -0.2) is 4.79 Å². The van der Waals surface area contributed by atoms with Crippen LogP contribution >= 0.6 is 0 Å². The predicted octanol–water partition coefficient (Wildman–Crippen LogP) is 4.98. The van der Waals surface area contributed by atoms with Crippen LogP contribution < -0.4 is 20.7 Å². The molecule has 3 amide bonds. The van der Waals surface area contributed by atoms with Gasteiger partial charge in [0.25, 0.3) is 0 Å². The molecule has 0 aliphatic carbocycles. The number of rotatable bonds is 14. The number of halogens is 3. The number of nitrogens with one attached hydrogen (secondary N) is 3. The maximum atomic E-state index is 14.0. The fraction of sp³-hybridized carbons (Fsp3) is 0.583. The Bertz CT molecular complexity index is 1340. The van der Waals surface area contributed by atoms with Crippen molar-refractivity contribution >= 4 is 17.9 Å². The maximum absolute atomic E-state index is 14.0. The fourth-order valence-electron chi connectivity index (χ4n) is 5.83. The summed E-state index contributed by atoms with van der Waals surface area (Å²) in [5.74, 6) is -2.27. The molecule has 0 radical (unpaired) electrons. The van der Waals surface area contributed by atoms with E-state index >= 15 is 0 Å². The van der Waals surface area contributed by atoms with Gasteiger partial charge in [0.15, 0.2) is 0 Å². The molecule has 0 saturated carbocycles. The number of hydrogen-bond donors (Lipinski definition) is 4. The second-order valence-electron chi connectivity index (χ2n) is 14.0. The number of alkyl halides is 3.